The molecule has 8 nitrogen and oxygen atoms in total. The average molecular weight is 439 g/mol. The minimum atomic E-state index is -0.558. The Labute approximate surface area is 175 Å². The SMILES string of the molecule is COC(=O)COc1ccc(C=CC(C)=[S-]2=CC(=O)NC2=S)cc1OCC(=O)OC. The second-order valence-corrected chi connectivity index (χ2v) is 8.24. The lowest BCUT2D eigenvalue weighted by Crippen LogP contribution is -2.21. The zero-order valence-electron chi connectivity index (χ0n) is 16.1. The number of ether oxygens (including phenoxy) is 4. The number of esters is 2. The van der Waals surface area contributed by atoms with Gasteiger partial charge < -0.3 is 34.3 Å². The minimum Gasteiger partial charge on any atom is -0.478 e. The molecule has 0 saturated carbocycles. The average Bonchev–Trinajstić information content (AvgIpc) is 3.06. The number of thiocarbonyl (C=S) groups is 1. The van der Waals surface area contributed by atoms with Gasteiger partial charge in [-0.2, -0.15) is 4.86 Å². The highest BCUT2D eigenvalue weighted by Gasteiger charge is 2.11. The van der Waals surface area contributed by atoms with E-state index in [1.165, 1.54) is 14.2 Å². The van der Waals surface area contributed by atoms with Crippen molar-refractivity contribution in [2.24, 2.45) is 0 Å². The fourth-order valence-electron chi connectivity index (χ4n) is 2.12. The van der Waals surface area contributed by atoms with E-state index in [4.69, 9.17) is 21.7 Å². The summed E-state index contributed by atoms with van der Waals surface area (Å²) in [6.07, 6.45) is 3.66. The summed E-state index contributed by atoms with van der Waals surface area (Å²) < 4.78 is 20.5. The van der Waals surface area contributed by atoms with Crippen LogP contribution in [-0.2, 0) is 33.9 Å². The van der Waals surface area contributed by atoms with E-state index in [0.29, 0.717) is 4.32 Å². The predicted octanol–water partition coefficient (Wildman–Crippen LogP) is 0.831. The number of amides is 1. The zero-order valence-corrected chi connectivity index (χ0v) is 17.7. The molecule has 2 rings (SSSR count). The monoisotopic (exact) mass is 438 g/mol. The summed E-state index contributed by atoms with van der Waals surface area (Å²) in [4.78, 5) is 35.0. The first-order chi connectivity index (χ1) is 13.8. The van der Waals surface area contributed by atoms with Crippen molar-refractivity contribution in [3.05, 3.63) is 29.8 Å². The predicted molar refractivity (Wildman–Crippen MR) is 115 cm³/mol. The van der Waals surface area contributed by atoms with Crippen LogP contribution in [0.2, 0.25) is 0 Å². The van der Waals surface area contributed by atoms with Crippen LogP contribution in [0.25, 0.3) is 6.08 Å². The fourth-order valence-corrected chi connectivity index (χ4v) is 4.05. The quantitative estimate of drug-likeness (QED) is 0.276. The van der Waals surface area contributed by atoms with Crippen molar-refractivity contribution in [3.8, 4) is 11.5 Å². The van der Waals surface area contributed by atoms with Gasteiger partial charge in [0.15, 0.2) is 24.7 Å². The summed E-state index contributed by atoms with van der Waals surface area (Å²) in [5, 5.41) is 4.15. The lowest BCUT2D eigenvalue weighted by atomic mass is 10.2. The van der Waals surface area contributed by atoms with Gasteiger partial charge in [0, 0.05) is 0 Å². The summed E-state index contributed by atoms with van der Waals surface area (Å²) in [6.45, 7) is 1.26. The number of carbonyl (C=O) groups excluding carboxylic acids is 3. The number of rotatable bonds is 8. The molecule has 1 N–H and O–H groups in total. The van der Waals surface area contributed by atoms with E-state index in [1.807, 2.05) is 19.1 Å². The largest absolute Gasteiger partial charge is 0.478 e. The van der Waals surface area contributed by atoms with Crippen LogP contribution in [0.1, 0.15) is 12.5 Å². The highest BCUT2D eigenvalue weighted by Crippen LogP contribution is 2.29. The second-order valence-electron chi connectivity index (χ2n) is 5.61. The second kappa shape index (κ2) is 10.6. The topological polar surface area (TPSA) is 100 Å². The van der Waals surface area contributed by atoms with Gasteiger partial charge in [0.2, 0.25) is 5.91 Å². The maximum atomic E-state index is 11.4. The fraction of sp³-hybridized carbons (Fsp3) is 0.263. The van der Waals surface area contributed by atoms with Crippen molar-refractivity contribution in [1.29, 1.82) is 0 Å². The third kappa shape index (κ3) is 6.61. The Kier molecular flexibility index (Phi) is 8.22. The molecular weight excluding hydrogens is 418 g/mol. The van der Waals surface area contributed by atoms with Crippen LogP contribution in [0, 0.1) is 0 Å². The van der Waals surface area contributed by atoms with Crippen LogP contribution in [0.3, 0.4) is 0 Å². The smallest absolute Gasteiger partial charge is 0.343 e. The van der Waals surface area contributed by atoms with Crippen molar-refractivity contribution in [2.45, 2.75) is 6.92 Å². The number of hydrogen-bond acceptors (Lipinski definition) is 9. The normalized spacial score (nSPS) is 16.1. The highest BCUT2D eigenvalue weighted by atomic mass is 32.2. The van der Waals surface area contributed by atoms with Gasteiger partial charge in [0.05, 0.1) is 14.2 Å². The summed E-state index contributed by atoms with van der Waals surface area (Å²) in [5.41, 5.74) is 0.752. The van der Waals surface area contributed by atoms with Crippen molar-refractivity contribution in [3.63, 3.8) is 0 Å². The third-order valence-corrected chi connectivity index (χ3v) is 6.04. The molecule has 1 aliphatic rings. The van der Waals surface area contributed by atoms with Gasteiger partial charge in [0.25, 0.3) is 0 Å². The molecule has 10 heteroatoms. The molecule has 0 saturated heterocycles. The van der Waals surface area contributed by atoms with Crippen molar-refractivity contribution >= 4 is 60.8 Å². The third-order valence-electron chi connectivity index (χ3n) is 3.62. The molecule has 1 aromatic carbocycles. The molecule has 1 heterocycles. The molecule has 1 aliphatic heterocycles. The standard InChI is InChI=1S/C19H20NO7S2/c1-12(29-11-16(21)20-19(29)28)4-5-13-6-7-14(26-9-17(22)24-2)15(8-13)27-10-18(23)25-3/h4-8,11H,9-10H2,1-3H3,(H,20,21,28)/q-1. The van der Waals surface area contributed by atoms with Crippen molar-refractivity contribution < 1.29 is 33.3 Å². The van der Waals surface area contributed by atoms with Gasteiger partial charge in [-0.05, 0) is 22.0 Å². The van der Waals surface area contributed by atoms with Crippen LogP contribution in [-0.4, -0.2) is 59.8 Å². The number of benzene rings is 1. The molecule has 0 aromatic heterocycles. The first kappa shape index (κ1) is 22.4. The van der Waals surface area contributed by atoms with E-state index < -0.39 is 22.0 Å². The Morgan fingerprint density at radius 1 is 1.10 bits per heavy atom. The van der Waals surface area contributed by atoms with Crippen LogP contribution in [0.4, 0.5) is 0 Å². The van der Waals surface area contributed by atoms with E-state index >= 15 is 0 Å². The molecule has 156 valence electrons. The highest BCUT2D eigenvalue weighted by molar-refractivity contribution is 8.19. The van der Waals surface area contributed by atoms with Crippen molar-refractivity contribution in [1.82, 2.24) is 5.32 Å². The minimum absolute atomic E-state index is 0.198. The summed E-state index contributed by atoms with van der Waals surface area (Å²) in [5.74, 6) is -0.763. The lowest BCUT2D eigenvalue weighted by molar-refractivity contribution is -0.144. The lowest BCUT2D eigenvalue weighted by Gasteiger charge is -2.13. The Balaban J connectivity index is 2.26. The molecule has 1 amide bonds. The maximum absolute atomic E-state index is 11.4. The van der Waals surface area contributed by atoms with Crippen LogP contribution >= 0.6 is 12.2 Å². The molecule has 1 aromatic rings. The zero-order chi connectivity index (χ0) is 21.4. The molecule has 0 fully saturated rings. The molecule has 0 bridgehead atoms. The van der Waals surface area contributed by atoms with Gasteiger partial charge in [-0.3, -0.25) is 4.79 Å². The molecule has 0 aliphatic carbocycles. The van der Waals surface area contributed by atoms with Gasteiger partial charge >= 0.3 is 11.9 Å². The molecule has 0 unspecified atom stereocenters. The van der Waals surface area contributed by atoms with E-state index in [1.54, 1.807) is 23.6 Å². The molecule has 0 atom stereocenters. The van der Waals surface area contributed by atoms with Crippen LogP contribution < -0.4 is 14.8 Å². The van der Waals surface area contributed by atoms with E-state index in [9.17, 15) is 14.4 Å². The summed E-state index contributed by atoms with van der Waals surface area (Å²) in [7, 11) is 1.96. The Morgan fingerprint density at radius 2 is 1.72 bits per heavy atom. The van der Waals surface area contributed by atoms with E-state index in [2.05, 4.69) is 14.8 Å². The van der Waals surface area contributed by atoms with E-state index in [-0.39, 0.29) is 30.6 Å². The van der Waals surface area contributed by atoms with Crippen molar-refractivity contribution in [2.75, 3.05) is 27.4 Å². The number of hydrogen-bond donors (Lipinski definition) is 1. The number of allylic oxidation sites excluding steroid dienone is 1. The first-order valence-electron chi connectivity index (χ1n) is 8.32. The Bertz CT molecular complexity index is 959. The molecule has 0 radical (unpaired) electrons. The number of carbonyl (C=O) groups is 3. The maximum Gasteiger partial charge on any atom is 0.343 e. The number of methoxy groups -OCH3 is 2. The molecule has 29 heavy (non-hydrogen) atoms. The number of nitrogens with one attached hydrogen (secondary N) is 1. The Morgan fingerprint density at radius 3 is 2.28 bits per heavy atom. The van der Waals surface area contributed by atoms with Gasteiger partial charge in [0.1, 0.15) is 0 Å². The first-order valence-corrected chi connectivity index (χ1v) is 10.0. The van der Waals surface area contributed by atoms with Gasteiger partial charge in [-0.25, -0.2) is 9.59 Å². The Hall–Kier alpha value is -2.85. The summed E-state index contributed by atoms with van der Waals surface area (Å²) in [6, 6.07) is 5.03. The van der Waals surface area contributed by atoms with Gasteiger partial charge in [-0.1, -0.05) is 37.4 Å². The molecular formula is C19H20NO7S2-. The van der Waals surface area contributed by atoms with Crippen LogP contribution in [0.15, 0.2) is 24.3 Å². The van der Waals surface area contributed by atoms with Gasteiger partial charge in [-0.15, -0.1) is 5.37 Å². The summed E-state index contributed by atoms with van der Waals surface area (Å²) >= 11 is 5.17. The molecule has 0 spiro atoms. The van der Waals surface area contributed by atoms with Crippen LogP contribution in [0.5, 0.6) is 11.5 Å². The van der Waals surface area contributed by atoms with E-state index in [0.717, 1.165) is 10.4 Å².